The summed E-state index contributed by atoms with van der Waals surface area (Å²) in [7, 11) is 0. The summed E-state index contributed by atoms with van der Waals surface area (Å²) in [6.07, 6.45) is -0.539. The van der Waals surface area contributed by atoms with Crippen molar-refractivity contribution in [1.29, 1.82) is 0 Å². The first-order valence-corrected chi connectivity index (χ1v) is 3.48. The summed E-state index contributed by atoms with van der Waals surface area (Å²) in [5.74, 6) is -0.976. The fourth-order valence-electron chi connectivity index (χ4n) is 0.897. The predicted octanol–water partition coefficient (Wildman–Crippen LogP) is 0.658. The Bertz CT molecular complexity index is 164. The lowest BCUT2D eigenvalue weighted by Gasteiger charge is -2.16. The van der Waals surface area contributed by atoms with Crippen LogP contribution in [0.3, 0.4) is 0 Å². The van der Waals surface area contributed by atoms with Gasteiger partial charge in [0.2, 0.25) is 6.29 Å². The topological polar surface area (TPSA) is 44.8 Å². The van der Waals surface area contributed by atoms with Gasteiger partial charge in [-0.25, -0.2) is 0 Å². The van der Waals surface area contributed by atoms with Gasteiger partial charge in [0, 0.05) is 6.92 Å². The molecule has 0 aromatic carbocycles. The molecule has 1 unspecified atom stereocenters. The van der Waals surface area contributed by atoms with Crippen molar-refractivity contribution in [2.24, 2.45) is 0 Å². The third-order valence-electron chi connectivity index (χ3n) is 1.28. The molecule has 1 atom stereocenters. The number of esters is 1. The Morgan fingerprint density at radius 3 is 2.64 bits per heavy atom. The number of carbonyl (C=O) groups is 1. The van der Waals surface area contributed by atoms with Crippen LogP contribution in [0.25, 0.3) is 0 Å². The van der Waals surface area contributed by atoms with Gasteiger partial charge in [-0.1, -0.05) is 0 Å². The standard InChI is InChI=1S/C7H12O4/c1-5(8)10-6-4-9-7(2,3)11-6/h6H,4H2,1-3H3. The van der Waals surface area contributed by atoms with Crippen molar-refractivity contribution in [2.45, 2.75) is 32.8 Å². The molecule has 1 aliphatic heterocycles. The van der Waals surface area contributed by atoms with Crippen LogP contribution in [-0.4, -0.2) is 24.7 Å². The first-order chi connectivity index (χ1) is 4.99. The molecule has 0 N–H and O–H groups in total. The van der Waals surface area contributed by atoms with Gasteiger partial charge in [0.15, 0.2) is 5.79 Å². The van der Waals surface area contributed by atoms with Crippen molar-refractivity contribution in [3.63, 3.8) is 0 Å². The quantitative estimate of drug-likeness (QED) is 0.528. The number of ether oxygens (including phenoxy) is 3. The third-order valence-corrected chi connectivity index (χ3v) is 1.28. The molecule has 1 fully saturated rings. The maximum Gasteiger partial charge on any atom is 0.305 e. The zero-order valence-corrected chi connectivity index (χ0v) is 6.92. The van der Waals surface area contributed by atoms with Crippen LogP contribution >= 0.6 is 0 Å². The van der Waals surface area contributed by atoms with Crippen molar-refractivity contribution in [2.75, 3.05) is 6.61 Å². The van der Waals surface area contributed by atoms with E-state index in [9.17, 15) is 4.79 Å². The largest absolute Gasteiger partial charge is 0.433 e. The summed E-state index contributed by atoms with van der Waals surface area (Å²) in [5.41, 5.74) is 0. The Kier molecular flexibility index (Phi) is 2.15. The summed E-state index contributed by atoms with van der Waals surface area (Å²) in [6, 6.07) is 0. The van der Waals surface area contributed by atoms with Crippen LogP contribution in [0.4, 0.5) is 0 Å². The van der Waals surface area contributed by atoms with E-state index in [0.29, 0.717) is 6.61 Å². The molecule has 1 rings (SSSR count). The van der Waals surface area contributed by atoms with Crippen LogP contribution in [0.5, 0.6) is 0 Å². The molecule has 1 aliphatic rings. The van der Waals surface area contributed by atoms with E-state index in [2.05, 4.69) is 0 Å². The van der Waals surface area contributed by atoms with Gasteiger partial charge in [-0.15, -0.1) is 0 Å². The summed E-state index contributed by atoms with van der Waals surface area (Å²) >= 11 is 0. The molecule has 0 aromatic rings. The smallest absolute Gasteiger partial charge is 0.305 e. The Morgan fingerprint density at radius 2 is 2.27 bits per heavy atom. The van der Waals surface area contributed by atoms with Crippen molar-refractivity contribution in [3.05, 3.63) is 0 Å². The van der Waals surface area contributed by atoms with Gasteiger partial charge in [0.25, 0.3) is 0 Å². The summed E-state index contributed by atoms with van der Waals surface area (Å²) in [6.45, 7) is 5.20. The lowest BCUT2D eigenvalue weighted by molar-refractivity contribution is -0.195. The molecule has 4 nitrogen and oxygen atoms in total. The van der Waals surface area contributed by atoms with Gasteiger partial charge in [-0.3, -0.25) is 4.79 Å². The van der Waals surface area contributed by atoms with Crippen molar-refractivity contribution >= 4 is 5.97 Å². The molecule has 0 aromatic heterocycles. The van der Waals surface area contributed by atoms with Crippen LogP contribution < -0.4 is 0 Å². The van der Waals surface area contributed by atoms with Gasteiger partial charge < -0.3 is 14.2 Å². The molecule has 0 radical (unpaired) electrons. The second-order valence-electron chi connectivity index (χ2n) is 2.87. The molecular weight excluding hydrogens is 148 g/mol. The zero-order valence-electron chi connectivity index (χ0n) is 6.92. The highest BCUT2D eigenvalue weighted by atomic mass is 16.8. The van der Waals surface area contributed by atoms with E-state index in [0.717, 1.165) is 0 Å². The van der Waals surface area contributed by atoms with E-state index >= 15 is 0 Å². The number of hydrogen-bond acceptors (Lipinski definition) is 4. The van der Waals surface area contributed by atoms with Crippen LogP contribution in [0.2, 0.25) is 0 Å². The zero-order chi connectivity index (χ0) is 8.48. The van der Waals surface area contributed by atoms with Crippen molar-refractivity contribution in [1.82, 2.24) is 0 Å². The average molecular weight is 160 g/mol. The molecule has 4 heteroatoms. The van der Waals surface area contributed by atoms with Gasteiger partial charge in [0.1, 0.15) is 6.61 Å². The first kappa shape index (κ1) is 8.49. The predicted molar refractivity (Wildman–Crippen MR) is 36.7 cm³/mol. The highest BCUT2D eigenvalue weighted by Crippen LogP contribution is 2.22. The minimum absolute atomic E-state index is 0.312. The molecule has 0 bridgehead atoms. The normalized spacial score (nSPS) is 28.5. The van der Waals surface area contributed by atoms with Crippen LogP contribution in [-0.2, 0) is 19.0 Å². The summed E-state index contributed by atoms with van der Waals surface area (Å²) in [5, 5.41) is 0. The fourth-order valence-corrected chi connectivity index (χ4v) is 0.897. The van der Waals surface area contributed by atoms with Crippen LogP contribution in [0.1, 0.15) is 20.8 Å². The van der Waals surface area contributed by atoms with Gasteiger partial charge in [0.05, 0.1) is 0 Å². The van der Waals surface area contributed by atoms with Crippen molar-refractivity contribution in [3.8, 4) is 0 Å². The molecule has 11 heavy (non-hydrogen) atoms. The van der Waals surface area contributed by atoms with E-state index in [1.807, 2.05) is 0 Å². The molecule has 0 saturated carbocycles. The van der Waals surface area contributed by atoms with Gasteiger partial charge in [-0.05, 0) is 13.8 Å². The number of rotatable bonds is 1. The Balaban J connectivity index is 2.36. The molecule has 1 heterocycles. The van der Waals surface area contributed by atoms with E-state index < -0.39 is 12.1 Å². The van der Waals surface area contributed by atoms with Crippen LogP contribution in [0.15, 0.2) is 0 Å². The monoisotopic (exact) mass is 160 g/mol. The molecule has 1 saturated heterocycles. The summed E-state index contributed by atoms with van der Waals surface area (Å²) in [4.78, 5) is 10.5. The Labute approximate surface area is 65.4 Å². The second-order valence-corrected chi connectivity index (χ2v) is 2.87. The fraction of sp³-hybridized carbons (Fsp3) is 0.857. The lowest BCUT2D eigenvalue weighted by atomic mass is 10.4. The van der Waals surface area contributed by atoms with E-state index in [4.69, 9.17) is 14.2 Å². The first-order valence-electron chi connectivity index (χ1n) is 3.48. The number of hydrogen-bond donors (Lipinski definition) is 0. The maximum atomic E-state index is 10.5. The van der Waals surface area contributed by atoms with E-state index in [1.54, 1.807) is 13.8 Å². The minimum atomic E-state index is -0.625. The highest BCUT2D eigenvalue weighted by molar-refractivity contribution is 5.66. The van der Waals surface area contributed by atoms with Crippen molar-refractivity contribution < 1.29 is 19.0 Å². The minimum Gasteiger partial charge on any atom is -0.433 e. The molecule has 0 amide bonds. The van der Waals surface area contributed by atoms with E-state index in [-0.39, 0.29) is 5.97 Å². The Morgan fingerprint density at radius 1 is 1.64 bits per heavy atom. The maximum absolute atomic E-state index is 10.5. The second kappa shape index (κ2) is 2.79. The van der Waals surface area contributed by atoms with E-state index in [1.165, 1.54) is 6.92 Å². The third kappa shape index (κ3) is 2.48. The molecule has 0 spiro atoms. The highest BCUT2D eigenvalue weighted by Gasteiger charge is 2.34. The molecule has 64 valence electrons. The lowest BCUT2D eigenvalue weighted by Crippen LogP contribution is -2.23. The molecular formula is C7H12O4. The average Bonchev–Trinajstić information content (AvgIpc) is 2.08. The molecule has 0 aliphatic carbocycles. The SMILES string of the molecule is CC(=O)OC1COC(C)(C)O1. The van der Waals surface area contributed by atoms with Gasteiger partial charge >= 0.3 is 5.97 Å². The Hall–Kier alpha value is -0.610. The summed E-state index contributed by atoms with van der Waals surface area (Å²) < 4.78 is 15.1. The number of carbonyl (C=O) groups excluding carboxylic acids is 1. The van der Waals surface area contributed by atoms with Crippen LogP contribution in [0, 0.1) is 0 Å². The van der Waals surface area contributed by atoms with Gasteiger partial charge in [-0.2, -0.15) is 0 Å².